The third-order valence-electron chi connectivity index (χ3n) is 7.37. The highest BCUT2D eigenvalue weighted by molar-refractivity contribution is 5.94. The Labute approximate surface area is 295 Å². The normalized spacial score (nSPS) is 13.2. The first-order chi connectivity index (χ1) is 23.5. The smallest absolute Gasteiger partial charge is 0.408 e. The van der Waals surface area contributed by atoms with E-state index in [1.54, 1.807) is 77.9 Å². The van der Waals surface area contributed by atoms with Crippen molar-refractivity contribution >= 4 is 23.9 Å². The summed E-state index contributed by atoms with van der Waals surface area (Å²) in [6, 6.07) is 18.7. The molecule has 3 amide bonds. The summed E-state index contributed by atoms with van der Waals surface area (Å²) in [6.45, 7) is 12.3. The summed E-state index contributed by atoms with van der Waals surface area (Å²) in [5.41, 5.74) is 0.521. The van der Waals surface area contributed by atoms with Crippen LogP contribution in [0.2, 0.25) is 0 Å². The van der Waals surface area contributed by atoms with Crippen LogP contribution in [0.25, 0.3) is 0 Å². The van der Waals surface area contributed by atoms with E-state index in [-0.39, 0.29) is 25.1 Å². The highest BCUT2D eigenvalue weighted by atomic mass is 16.6. The maximum Gasteiger partial charge on any atom is 0.408 e. The highest BCUT2D eigenvalue weighted by Gasteiger charge is 2.39. The summed E-state index contributed by atoms with van der Waals surface area (Å²) in [7, 11) is 0. The molecule has 3 N–H and O–H groups in total. The Kier molecular flexibility index (Phi) is 13.6. The predicted octanol–water partition coefficient (Wildman–Crippen LogP) is 5.86. The maximum absolute atomic E-state index is 14.7. The van der Waals surface area contributed by atoms with Crippen LogP contribution in [-0.2, 0) is 36.7 Å². The van der Waals surface area contributed by atoms with Crippen molar-refractivity contribution < 1.29 is 33.8 Å². The Morgan fingerprint density at radius 1 is 0.780 bits per heavy atom. The maximum atomic E-state index is 14.7. The lowest BCUT2D eigenvalue weighted by atomic mass is 9.95. The lowest BCUT2D eigenvalue weighted by Crippen LogP contribution is -2.55. The van der Waals surface area contributed by atoms with Gasteiger partial charge < -0.3 is 30.1 Å². The Morgan fingerprint density at radius 2 is 1.34 bits per heavy atom. The first-order valence-electron chi connectivity index (χ1n) is 16.7. The van der Waals surface area contributed by atoms with Gasteiger partial charge in [-0.15, -0.1) is 6.42 Å². The van der Waals surface area contributed by atoms with Crippen LogP contribution in [-0.4, -0.2) is 63.7 Å². The number of phenolic OH excluding ortho intramolecular Hbond substituents is 1. The molecule has 0 aromatic heterocycles. The summed E-state index contributed by atoms with van der Waals surface area (Å²) >= 11 is 0. The Balaban J connectivity index is 2.12. The minimum absolute atomic E-state index is 0.0260. The number of amides is 3. The molecule has 0 saturated heterocycles. The molecule has 0 fully saturated rings. The molecule has 10 nitrogen and oxygen atoms in total. The van der Waals surface area contributed by atoms with E-state index >= 15 is 0 Å². The van der Waals surface area contributed by atoms with Crippen molar-refractivity contribution in [2.75, 3.05) is 6.54 Å². The van der Waals surface area contributed by atoms with Gasteiger partial charge in [-0.25, -0.2) is 9.59 Å². The van der Waals surface area contributed by atoms with E-state index in [1.807, 2.05) is 37.3 Å². The minimum atomic E-state index is -1.29. The summed E-state index contributed by atoms with van der Waals surface area (Å²) in [5.74, 6) is 0.806. The van der Waals surface area contributed by atoms with Gasteiger partial charge in [-0.1, -0.05) is 73.5 Å². The van der Waals surface area contributed by atoms with E-state index in [0.29, 0.717) is 23.1 Å². The largest absolute Gasteiger partial charge is 0.508 e. The Morgan fingerprint density at radius 3 is 1.92 bits per heavy atom. The molecule has 3 rings (SSSR count). The number of nitrogens with zero attached hydrogens (tertiary/aromatic N) is 1. The molecule has 0 spiro atoms. The molecule has 3 aromatic rings. The summed E-state index contributed by atoms with van der Waals surface area (Å²) in [4.78, 5) is 57.3. The molecule has 0 bridgehead atoms. The molecular formula is C40H49N3O7. The van der Waals surface area contributed by atoms with Crippen molar-refractivity contribution in [3.05, 3.63) is 101 Å². The van der Waals surface area contributed by atoms with E-state index in [9.17, 15) is 24.3 Å². The van der Waals surface area contributed by atoms with Gasteiger partial charge in [0.2, 0.25) is 11.8 Å². The van der Waals surface area contributed by atoms with Crippen LogP contribution in [0.5, 0.6) is 5.75 Å². The number of ether oxygens (including phenoxy) is 2. The van der Waals surface area contributed by atoms with E-state index in [0.717, 1.165) is 5.56 Å². The van der Waals surface area contributed by atoms with Crippen LogP contribution in [0.4, 0.5) is 4.79 Å². The zero-order chi connectivity index (χ0) is 37.1. The average Bonchev–Trinajstić information content (AvgIpc) is 3.03. The molecule has 0 aliphatic heterocycles. The zero-order valence-electron chi connectivity index (χ0n) is 30.0. The second-order valence-electron chi connectivity index (χ2n) is 14.0. The van der Waals surface area contributed by atoms with Gasteiger partial charge in [-0.05, 0) is 82.9 Å². The van der Waals surface area contributed by atoms with E-state index in [2.05, 4.69) is 16.6 Å². The number of aromatic hydroxyl groups is 1. The van der Waals surface area contributed by atoms with Gasteiger partial charge in [-0.2, -0.15) is 0 Å². The summed E-state index contributed by atoms with van der Waals surface area (Å²) in [5, 5.41) is 15.4. The van der Waals surface area contributed by atoms with E-state index in [4.69, 9.17) is 15.9 Å². The minimum Gasteiger partial charge on any atom is -0.508 e. The number of esters is 1. The molecule has 0 radical (unpaired) electrons. The van der Waals surface area contributed by atoms with Crippen molar-refractivity contribution in [1.29, 1.82) is 0 Å². The van der Waals surface area contributed by atoms with Gasteiger partial charge in [0, 0.05) is 24.9 Å². The van der Waals surface area contributed by atoms with Gasteiger partial charge >= 0.3 is 12.1 Å². The molecule has 0 aliphatic carbocycles. The predicted molar refractivity (Wildman–Crippen MR) is 192 cm³/mol. The van der Waals surface area contributed by atoms with Crippen molar-refractivity contribution in [2.45, 2.75) is 97.1 Å². The second-order valence-corrected chi connectivity index (χ2v) is 14.0. The van der Waals surface area contributed by atoms with Crippen molar-refractivity contribution in [1.82, 2.24) is 15.5 Å². The molecule has 3 aromatic carbocycles. The molecule has 50 heavy (non-hydrogen) atoms. The van der Waals surface area contributed by atoms with Crippen LogP contribution in [0.15, 0.2) is 78.9 Å². The third-order valence-corrected chi connectivity index (χ3v) is 7.37. The van der Waals surface area contributed by atoms with Crippen molar-refractivity contribution in [3.8, 4) is 18.1 Å². The van der Waals surface area contributed by atoms with Crippen LogP contribution < -0.4 is 10.6 Å². The SMILES string of the molecule is C#Cc1ccccc1C(C(=O)NC(Cc1ccccc1)C(=O)OC(C)(C)C)N(CCC)C(=O)C(Cc1ccc(O)cc1)NC(=O)OC(C)(C)C. The van der Waals surface area contributed by atoms with Gasteiger partial charge in [0.25, 0.3) is 0 Å². The van der Waals surface area contributed by atoms with Crippen molar-refractivity contribution in [2.24, 2.45) is 0 Å². The molecule has 10 heteroatoms. The number of carbonyl (C=O) groups excluding carboxylic acids is 4. The Bertz CT molecular complexity index is 1650. The van der Waals surface area contributed by atoms with Crippen LogP contribution in [0.3, 0.4) is 0 Å². The number of phenols is 1. The Hall–Kier alpha value is -5.30. The van der Waals surface area contributed by atoms with Gasteiger partial charge in [0.05, 0.1) is 0 Å². The molecule has 3 atom stereocenters. The number of nitrogens with one attached hydrogen (secondary N) is 2. The quantitative estimate of drug-likeness (QED) is 0.152. The van der Waals surface area contributed by atoms with Gasteiger partial charge in [0.15, 0.2) is 0 Å². The third kappa shape index (κ3) is 12.0. The monoisotopic (exact) mass is 683 g/mol. The zero-order valence-corrected chi connectivity index (χ0v) is 30.0. The van der Waals surface area contributed by atoms with Crippen molar-refractivity contribution in [3.63, 3.8) is 0 Å². The average molecular weight is 684 g/mol. The van der Waals surface area contributed by atoms with E-state index < -0.39 is 53.2 Å². The lowest BCUT2D eigenvalue weighted by molar-refractivity contribution is -0.159. The van der Waals surface area contributed by atoms with Gasteiger partial charge in [-0.3, -0.25) is 9.59 Å². The number of hydrogen-bond acceptors (Lipinski definition) is 7. The van der Waals surface area contributed by atoms with Crippen LogP contribution in [0, 0.1) is 12.3 Å². The summed E-state index contributed by atoms with van der Waals surface area (Å²) < 4.78 is 11.2. The molecule has 266 valence electrons. The second kappa shape index (κ2) is 17.4. The first-order valence-corrected chi connectivity index (χ1v) is 16.7. The lowest BCUT2D eigenvalue weighted by Gasteiger charge is -2.35. The number of rotatable bonds is 13. The summed E-state index contributed by atoms with van der Waals surface area (Å²) in [6.07, 6.45) is 5.70. The topological polar surface area (TPSA) is 134 Å². The first kappa shape index (κ1) is 39.1. The van der Waals surface area contributed by atoms with E-state index in [1.165, 1.54) is 17.0 Å². The molecule has 0 aliphatic rings. The highest BCUT2D eigenvalue weighted by Crippen LogP contribution is 2.27. The molecule has 0 saturated carbocycles. The van der Waals surface area contributed by atoms with Gasteiger partial charge in [0.1, 0.15) is 35.1 Å². The van der Waals surface area contributed by atoms with Crippen LogP contribution in [0.1, 0.15) is 83.2 Å². The number of benzene rings is 3. The van der Waals surface area contributed by atoms with Crippen LogP contribution >= 0.6 is 0 Å². The molecule has 0 heterocycles. The number of hydrogen-bond donors (Lipinski definition) is 3. The fourth-order valence-corrected chi connectivity index (χ4v) is 5.31. The standard InChI is InChI=1S/C40H49N3O7/c1-9-24-43(36(46)32(42-38(48)50-40(6,7)8)25-28-20-22-30(44)23-21-28)34(31-19-15-14-18-29(31)10-2)35(45)41-33(37(47)49-39(3,4)5)26-27-16-12-11-13-17-27/h2,11-23,32-34,44H,9,24-26H2,1,3-8H3,(H,41,45)(H,42,48). The fourth-order valence-electron chi connectivity index (χ4n) is 5.31. The fraction of sp³-hybridized carbons (Fsp3) is 0.400. The molecule has 3 unspecified atom stereocenters. The molecular weight excluding hydrogens is 634 g/mol. The number of alkyl carbamates (subject to hydrolysis) is 1. The number of terminal acetylenes is 1. The number of carbonyl (C=O) groups is 4.